The molecule has 0 saturated heterocycles. The van der Waals surface area contributed by atoms with E-state index < -0.39 is 11.7 Å². The minimum Gasteiger partial charge on any atom is -0.497 e. The Morgan fingerprint density at radius 3 is 2.33 bits per heavy atom. The number of hydrogen-bond donors (Lipinski definition) is 1. The molecule has 1 unspecified atom stereocenters. The lowest BCUT2D eigenvalue weighted by Gasteiger charge is -2.30. The number of ether oxygens (including phenoxy) is 1. The van der Waals surface area contributed by atoms with Crippen LogP contribution in [-0.4, -0.2) is 43.3 Å². The quantitative estimate of drug-likeness (QED) is 0.544. The van der Waals surface area contributed by atoms with Gasteiger partial charge in [-0.25, -0.2) is 0 Å². The third-order valence-electron chi connectivity index (χ3n) is 4.71. The highest BCUT2D eigenvalue weighted by Crippen LogP contribution is 2.23. The molecule has 0 fully saturated rings. The highest BCUT2D eigenvalue weighted by atomic mass is 16.5. The standard InChI is InChI=1S/C22H28N2O3/c1-5-24(6-2)20(18-8-7-9-19(14-18)27-4)15-23-22(26)21(25)17-12-10-16(3)11-13-17/h7-14,20H,5-6,15H2,1-4H3,(H,23,26). The molecule has 27 heavy (non-hydrogen) atoms. The molecule has 0 aliphatic rings. The molecule has 0 aromatic heterocycles. The molecule has 0 heterocycles. The average molecular weight is 368 g/mol. The van der Waals surface area contributed by atoms with Crippen molar-refractivity contribution >= 4 is 11.7 Å². The van der Waals surface area contributed by atoms with Gasteiger partial charge in [0.25, 0.3) is 5.91 Å². The van der Waals surface area contributed by atoms with E-state index in [2.05, 4.69) is 24.1 Å². The minimum absolute atomic E-state index is 0.0372. The van der Waals surface area contributed by atoms with Crippen molar-refractivity contribution in [1.29, 1.82) is 0 Å². The molecule has 5 nitrogen and oxygen atoms in total. The van der Waals surface area contributed by atoms with Crippen LogP contribution in [0.5, 0.6) is 5.75 Å². The lowest BCUT2D eigenvalue weighted by molar-refractivity contribution is -0.117. The summed E-state index contributed by atoms with van der Waals surface area (Å²) in [6, 6.07) is 14.8. The summed E-state index contributed by atoms with van der Waals surface area (Å²) in [4.78, 5) is 27.0. The number of carbonyl (C=O) groups excluding carboxylic acids is 2. The second kappa shape index (κ2) is 9.88. The number of nitrogens with zero attached hydrogens (tertiary/aromatic N) is 1. The van der Waals surface area contributed by atoms with Crippen LogP contribution in [0, 0.1) is 6.92 Å². The highest BCUT2D eigenvalue weighted by Gasteiger charge is 2.22. The Labute approximate surface area is 161 Å². The molecule has 0 bridgehead atoms. The van der Waals surface area contributed by atoms with Gasteiger partial charge in [-0.15, -0.1) is 0 Å². The number of hydrogen-bond acceptors (Lipinski definition) is 4. The van der Waals surface area contributed by atoms with Crippen molar-refractivity contribution in [3.05, 3.63) is 65.2 Å². The summed E-state index contributed by atoms with van der Waals surface area (Å²) >= 11 is 0. The summed E-state index contributed by atoms with van der Waals surface area (Å²) in [5.74, 6) is -0.329. The largest absolute Gasteiger partial charge is 0.497 e. The summed E-state index contributed by atoms with van der Waals surface area (Å²) in [5.41, 5.74) is 2.49. The van der Waals surface area contributed by atoms with E-state index in [1.807, 2.05) is 43.3 Å². The van der Waals surface area contributed by atoms with Gasteiger partial charge in [0.15, 0.2) is 0 Å². The van der Waals surface area contributed by atoms with Crippen LogP contribution in [0.3, 0.4) is 0 Å². The fourth-order valence-corrected chi connectivity index (χ4v) is 3.08. The molecular weight excluding hydrogens is 340 g/mol. The SMILES string of the molecule is CCN(CC)C(CNC(=O)C(=O)c1ccc(C)cc1)c1cccc(OC)c1. The number of methoxy groups -OCH3 is 1. The first-order valence-electron chi connectivity index (χ1n) is 9.27. The third kappa shape index (κ3) is 5.41. The number of rotatable bonds is 9. The number of aryl methyl sites for hydroxylation is 1. The van der Waals surface area contributed by atoms with Crippen LogP contribution < -0.4 is 10.1 Å². The first-order valence-corrected chi connectivity index (χ1v) is 9.27. The molecule has 5 heteroatoms. The maximum Gasteiger partial charge on any atom is 0.292 e. The summed E-state index contributed by atoms with van der Waals surface area (Å²) in [6.07, 6.45) is 0. The fourth-order valence-electron chi connectivity index (χ4n) is 3.08. The van der Waals surface area contributed by atoms with Gasteiger partial charge in [0.1, 0.15) is 5.75 Å². The number of ketones is 1. The van der Waals surface area contributed by atoms with Crippen molar-refractivity contribution < 1.29 is 14.3 Å². The number of carbonyl (C=O) groups is 2. The van der Waals surface area contributed by atoms with Crippen LogP contribution in [0.15, 0.2) is 48.5 Å². The third-order valence-corrected chi connectivity index (χ3v) is 4.71. The summed E-state index contributed by atoms with van der Waals surface area (Å²) in [7, 11) is 1.63. The van der Waals surface area contributed by atoms with Gasteiger partial charge in [0, 0.05) is 12.1 Å². The summed E-state index contributed by atoms with van der Waals surface area (Å²) in [5, 5.41) is 2.81. The van der Waals surface area contributed by atoms with Crippen molar-refractivity contribution in [3.8, 4) is 5.75 Å². The second-order valence-corrected chi connectivity index (χ2v) is 6.42. The predicted octanol–water partition coefficient (Wildman–Crippen LogP) is 3.39. The fraction of sp³-hybridized carbons (Fsp3) is 0.364. The van der Waals surface area contributed by atoms with Crippen molar-refractivity contribution in [2.45, 2.75) is 26.8 Å². The van der Waals surface area contributed by atoms with E-state index in [0.717, 1.165) is 30.0 Å². The van der Waals surface area contributed by atoms with Crippen LogP contribution in [0.4, 0.5) is 0 Å². The van der Waals surface area contributed by atoms with E-state index in [0.29, 0.717) is 12.1 Å². The molecule has 2 aromatic rings. The maximum atomic E-state index is 12.4. The van der Waals surface area contributed by atoms with Gasteiger partial charge in [-0.1, -0.05) is 55.8 Å². The summed E-state index contributed by atoms with van der Waals surface area (Å²) in [6.45, 7) is 8.12. The molecule has 1 atom stereocenters. The molecule has 2 rings (SSSR count). The number of nitrogens with one attached hydrogen (secondary N) is 1. The van der Waals surface area contributed by atoms with Gasteiger partial charge >= 0.3 is 0 Å². The molecule has 0 aliphatic heterocycles. The van der Waals surface area contributed by atoms with Crippen molar-refractivity contribution in [2.75, 3.05) is 26.7 Å². The zero-order chi connectivity index (χ0) is 19.8. The molecule has 2 aromatic carbocycles. The van der Waals surface area contributed by atoms with E-state index >= 15 is 0 Å². The smallest absolute Gasteiger partial charge is 0.292 e. The zero-order valence-electron chi connectivity index (χ0n) is 16.5. The van der Waals surface area contributed by atoms with E-state index in [4.69, 9.17) is 4.74 Å². The molecular formula is C22H28N2O3. The normalized spacial score (nSPS) is 11.9. The molecule has 0 radical (unpaired) electrons. The number of benzene rings is 2. The lowest BCUT2D eigenvalue weighted by Crippen LogP contribution is -2.40. The molecule has 1 N–H and O–H groups in total. The predicted molar refractivity (Wildman–Crippen MR) is 107 cm³/mol. The summed E-state index contributed by atoms with van der Waals surface area (Å²) < 4.78 is 5.32. The average Bonchev–Trinajstić information content (AvgIpc) is 2.71. The first-order chi connectivity index (χ1) is 13.0. The van der Waals surface area contributed by atoms with E-state index in [-0.39, 0.29) is 6.04 Å². The van der Waals surface area contributed by atoms with Gasteiger partial charge in [-0.2, -0.15) is 0 Å². The van der Waals surface area contributed by atoms with Crippen molar-refractivity contribution in [2.24, 2.45) is 0 Å². The van der Waals surface area contributed by atoms with E-state index in [9.17, 15) is 9.59 Å². The van der Waals surface area contributed by atoms with Crippen molar-refractivity contribution in [1.82, 2.24) is 10.2 Å². The second-order valence-electron chi connectivity index (χ2n) is 6.42. The van der Waals surface area contributed by atoms with Gasteiger partial charge < -0.3 is 10.1 Å². The maximum absolute atomic E-state index is 12.4. The molecule has 144 valence electrons. The Bertz CT molecular complexity index is 767. The Hall–Kier alpha value is -2.66. The van der Waals surface area contributed by atoms with Crippen LogP contribution in [0.2, 0.25) is 0 Å². The van der Waals surface area contributed by atoms with Crippen molar-refractivity contribution in [3.63, 3.8) is 0 Å². The molecule has 0 aliphatic carbocycles. The zero-order valence-corrected chi connectivity index (χ0v) is 16.5. The first kappa shape index (κ1) is 20.6. The van der Waals surface area contributed by atoms with Gasteiger partial charge in [0.05, 0.1) is 13.2 Å². The Balaban J connectivity index is 2.14. The van der Waals surface area contributed by atoms with Gasteiger partial charge in [0.2, 0.25) is 5.78 Å². The van der Waals surface area contributed by atoms with Crippen LogP contribution in [0.25, 0.3) is 0 Å². The molecule has 0 spiro atoms. The van der Waals surface area contributed by atoms with E-state index in [1.165, 1.54) is 0 Å². The number of likely N-dealkylation sites (N-methyl/N-ethyl adjacent to an activating group) is 1. The monoisotopic (exact) mass is 368 g/mol. The number of Topliss-reactive ketones (excluding diaryl/α,β-unsaturated/α-hetero) is 1. The van der Waals surface area contributed by atoms with E-state index in [1.54, 1.807) is 19.2 Å². The number of amides is 1. The topological polar surface area (TPSA) is 58.6 Å². The minimum atomic E-state index is -0.584. The van der Waals surface area contributed by atoms with Crippen LogP contribution in [-0.2, 0) is 4.79 Å². The lowest BCUT2D eigenvalue weighted by atomic mass is 10.0. The Morgan fingerprint density at radius 2 is 1.74 bits per heavy atom. The molecule has 1 amide bonds. The Morgan fingerprint density at radius 1 is 1.07 bits per heavy atom. The van der Waals surface area contributed by atoms with Crippen LogP contribution in [0.1, 0.15) is 41.4 Å². The van der Waals surface area contributed by atoms with Gasteiger partial charge in [-0.3, -0.25) is 14.5 Å². The van der Waals surface area contributed by atoms with Gasteiger partial charge in [-0.05, 0) is 37.7 Å². The van der Waals surface area contributed by atoms with Crippen LogP contribution >= 0.6 is 0 Å². The Kier molecular flexibility index (Phi) is 7.55. The highest BCUT2D eigenvalue weighted by molar-refractivity contribution is 6.42. The molecule has 0 saturated carbocycles.